The second kappa shape index (κ2) is 13.2. The molecule has 3 aromatic rings. The van der Waals surface area contributed by atoms with E-state index < -0.39 is 0 Å². The Kier molecular flexibility index (Phi) is 9.23. The van der Waals surface area contributed by atoms with Gasteiger partial charge in [0.25, 0.3) is 5.91 Å². The summed E-state index contributed by atoms with van der Waals surface area (Å²) in [4.78, 5) is 37.6. The monoisotopic (exact) mass is 547 g/mol. The summed E-state index contributed by atoms with van der Waals surface area (Å²) >= 11 is 1.71. The van der Waals surface area contributed by atoms with E-state index in [4.69, 9.17) is 4.74 Å². The van der Waals surface area contributed by atoms with Gasteiger partial charge in [0.15, 0.2) is 0 Å². The first kappa shape index (κ1) is 27.3. The van der Waals surface area contributed by atoms with Crippen molar-refractivity contribution in [2.75, 3.05) is 51.1 Å². The summed E-state index contributed by atoms with van der Waals surface area (Å²) in [5.41, 5.74) is 5.52. The second-order valence-corrected chi connectivity index (χ2v) is 11.3. The summed E-state index contributed by atoms with van der Waals surface area (Å²) in [6, 6.07) is 14.8. The van der Waals surface area contributed by atoms with Crippen molar-refractivity contribution >= 4 is 29.0 Å². The number of amides is 2. The van der Waals surface area contributed by atoms with E-state index in [9.17, 15) is 9.59 Å². The molecule has 0 unspecified atom stereocenters. The number of aromatic nitrogens is 1. The lowest BCUT2D eigenvalue weighted by Gasteiger charge is -2.33. The van der Waals surface area contributed by atoms with E-state index in [0.717, 1.165) is 51.4 Å². The largest absolute Gasteiger partial charge is 0.415 e. The minimum absolute atomic E-state index is 0.160. The highest BCUT2D eigenvalue weighted by Gasteiger charge is 2.23. The molecule has 2 aliphatic rings. The van der Waals surface area contributed by atoms with E-state index in [1.165, 1.54) is 29.7 Å². The highest BCUT2D eigenvalue weighted by Crippen LogP contribution is 2.19. The highest BCUT2D eigenvalue weighted by atomic mass is 32.1. The zero-order valence-corrected chi connectivity index (χ0v) is 23.4. The van der Waals surface area contributed by atoms with Gasteiger partial charge in [-0.2, -0.15) is 0 Å². The molecule has 5 rings (SSSR count). The Hall–Kier alpha value is -3.27. The molecule has 0 atom stereocenters. The molecule has 1 aromatic heterocycles. The SMILES string of the molecule is Cc1ncsc1CCN1CCN(C(=O)Oc2ccc(NC(=O)c3ccc(CN4CCCCC4)cc3)cc2)CC1. The Morgan fingerprint density at radius 3 is 2.28 bits per heavy atom. The minimum Gasteiger partial charge on any atom is -0.410 e. The van der Waals surface area contributed by atoms with Crippen LogP contribution in [-0.2, 0) is 13.0 Å². The predicted molar refractivity (Wildman–Crippen MR) is 155 cm³/mol. The van der Waals surface area contributed by atoms with E-state index in [2.05, 4.69) is 27.0 Å². The fourth-order valence-electron chi connectivity index (χ4n) is 5.09. The van der Waals surface area contributed by atoms with E-state index >= 15 is 0 Å². The first-order valence-electron chi connectivity index (χ1n) is 13.8. The van der Waals surface area contributed by atoms with Gasteiger partial charge in [0.1, 0.15) is 5.75 Å². The summed E-state index contributed by atoms with van der Waals surface area (Å²) < 4.78 is 5.59. The summed E-state index contributed by atoms with van der Waals surface area (Å²) in [6.45, 7) is 9.21. The first-order chi connectivity index (χ1) is 19.0. The molecule has 0 bridgehead atoms. The molecule has 1 N–H and O–H groups in total. The van der Waals surface area contributed by atoms with Gasteiger partial charge in [0.2, 0.25) is 0 Å². The Labute approximate surface area is 234 Å². The zero-order chi connectivity index (χ0) is 27.0. The minimum atomic E-state index is -0.339. The van der Waals surface area contributed by atoms with Crippen LogP contribution in [0.15, 0.2) is 54.0 Å². The molecule has 2 saturated heterocycles. The number of rotatable bonds is 8. The van der Waals surface area contributed by atoms with Crippen molar-refractivity contribution < 1.29 is 14.3 Å². The maximum atomic E-state index is 12.7. The molecule has 2 fully saturated rings. The number of thiazole rings is 1. The molecule has 0 radical (unpaired) electrons. The molecule has 3 heterocycles. The lowest BCUT2D eigenvalue weighted by molar-refractivity contribution is 0.102. The van der Waals surface area contributed by atoms with Crippen molar-refractivity contribution in [2.45, 2.75) is 39.2 Å². The van der Waals surface area contributed by atoms with E-state index in [1.807, 2.05) is 29.8 Å². The molecule has 2 aliphatic heterocycles. The van der Waals surface area contributed by atoms with Crippen LogP contribution < -0.4 is 10.1 Å². The number of anilines is 1. The number of piperidine rings is 1. The number of aryl methyl sites for hydroxylation is 1. The lowest BCUT2D eigenvalue weighted by atomic mass is 10.1. The average Bonchev–Trinajstić information content (AvgIpc) is 3.38. The van der Waals surface area contributed by atoms with Gasteiger partial charge in [-0.3, -0.25) is 14.6 Å². The topological polar surface area (TPSA) is 78.0 Å². The maximum absolute atomic E-state index is 12.7. The Balaban J connectivity index is 1.04. The van der Waals surface area contributed by atoms with Crippen LogP contribution in [0, 0.1) is 6.92 Å². The molecular weight excluding hydrogens is 510 g/mol. The quantitative estimate of drug-likeness (QED) is 0.425. The van der Waals surface area contributed by atoms with Gasteiger partial charge in [-0.25, -0.2) is 9.78 Å². The van der Waals surface area contributed by atoms with Crippen LogP contribution in [0.4, 0.5) is 10.5 Å². The fraction of sp³-hybridized carbons (Fsp3) is 0.433. The summed E-state index contributed by atoms with van der Waals surface area (Å²) in [7, 11) is 0. The third-order valence-corrected chi connectivity index (χ3v) is 8.51. The van der Waals surface area contributed by atoms with Crippen LogP contribution in [0.5, 0.6) is 5.75 Å². The van der Waals surface area contributed by atoms with Gasteiger partial charge < -0.3 is 15.0 Å². The van der Waals surface area contributed by atoms with Crippen LogP contribution in [0.25, 0.3) is 0 Å². The number of hydrogen-bond acceptors (Lipinski definition) is 7. The van der Waals surface area contributed by atoms with Gasteiger partial charge in [-0.05, 0) is 81.2 Å². The van der Waals surface area contributed by atoms with Crippen molar-refractivity contribution in [1.82, 2.24) is 19.7 Å². The van der Waals surface area contributed by atoms with Crippen molar-refractivity contribution in [3.05, 3.63) is 75.7 Å². The number of likely N-dealkylation sites (tertiary alicyclic amines) is 1. The Morgan fingerprint density at radius 2 is 1.62 bits per heavy atom. The number of hydrogen-bond donors (Lipinski definition) is 1. The van der Waals surface area contributed by atoms with Crippen molar-refractivity contribution in [2.24, 2.45) is 0 Å². The van der Waals surface area contributed by atoms with Crippen molar-refractivity contribution in [3.63, 3.8) is 0 Å². The number of ether oxygens (including phenoxy) is 1. The van der Waals surface area contributed by atoms with Crippen LogP contribution >= 0.6 is 11.3 Å². The number of benzene rings is 2. The van der Waals surface area contributed by atoms with Gasteiger partial charge in [-0.15, -0.1) is 11.3 Å². The number of piperazine rings is 1. The first-order valence-corrected chi connectivity index (χ1v) is 14.7. The molecule has 206 valence electrons. The molecule has 0 saturated carbocycles. The highest BCUT2D eigenvalue weighted by molar-refractivity contribution is 7.09. The summed E-state index contributed by atoms with van der Waals surface area (Å²) in [6.07, 6.45) is 4.52. The summed E-state index contributed by atoms with van der Waals surface area (Å²) in [5, 5.41) is 2.92. The number of carbonyl (C=O) groups is 2. The van der Waals surface area contributed by atoms with Crippen LogP contribution in [0.1, 0.15) is 45.8 Å². The van der Waals surface area contributed by atoms with Gasteiger partial charge in [-0.1, -0.05) is 18.6 Å². The maximum Gasteiger partial charge on any atom is 0.415 e. The number of nitrogens with zero attached hydrogens (tertiary/aromatic N) is 4. The van der Waals surface area contributed by atoms with E-state index in [0.29, 0.717) is 30.1 Å². The molecule has 2 aromatic carbocycles. The average molecular weight is 548 g/mol. The van der Waals surface area contributed by atoms with Crippen molar-refractivity contribution in [3.8, 4) is 5.75 Å². The van der Waals surface area contributed by atoms with E-state index in [1.54, 1.807) is 40.5 Å². The number of carbonyl (C=O) groups excluding carboxylic acids is 2. The standard InChI is InChI=1S/C30H37N5O3S/c1-23-28(39-22-31-23)13-16-33-17-19-35(20-18-33)30(37)38-27-11-9-26(10-12-27)32-29(36)25-7-5-24(6-8-25)21-34-14-3-2-4-15-34/h5-12,22H,2-4,13-21H2,1H3,(H,32,36). The Morgan fingerprint density at radius 1 is 0.897 bits per heavy atom. The smallest absolute Gasteiger partial charge is 0.410 e. The predicted octanol–water partition coefficient (Wildman–Crippen LogP) is 5.05. The van der Waals surface area contributed by atoms with Crippen molar-refractivity contribution in [1.29, 1.82) is 0 Å². The fourth-order valence-corrected chi connectivity index (χ4v) is 5.86. The van der Waals surface area contributed by atoms with Crippen LogP contribution in [-0.4, -0.2) is 77.5 Å². The zero-order valence-electron chi connectivity index (χ0n) is 22.6. The molecule has 0 spiro atoms. The molecular formula is C30H37N5O3S. The second-order valence-electron chi connectivity index (χ2n) is 10.3. The molecule has 0 aliphatic carbocycles. The van der Waals surface area contributed by atoms with Crippen LogP contribution in [0.2, 0.25) is 0 Å². The van der Waals surface area contributed by atoms with E-state index in [-0.39, 0.29) is 12.0 Å². The van der Waals surface area contributed by atoms with Crippen LogP contribution in [0.3, 0.4) is 0 Å². The summed E-state index contributed by atoms with van der Waals surface area (Å²) in [5.74, 6) is 0.302. The molecule has 39 heavy (non-hydrogen) atoms. The third-order valence-electron chi connectivity index (χ3n) is 7.52. The Bertz CT molecular complexity index is 1230. The normalized spacial score (nSPS) is 16.7. The lowest BCUT2D eigenvalue weighted by Crippen LogP contribution is -2.49. The molecule has 8 nitrogen and oxygen atoms in total. The number of nitrogens with one attached hydrogen (secondary N) is 1. The third kappa shape index (κ3) is 7.65. The van der Waals surface area contributed by atoms with Gasteiger partial charge in [0, 0.05) is 55.4 Å². The van der Waals surface area contributed by atoms with Gasteiger partial charge >= 0.3 is 6.09 Å². The molecule has 9 heteroatoms. The van der Waals surface area contributed by atoms with Gasteiger partial charge in [0.05, 0.1) is 11.2 Å². The molecule has 2 amide bonds.